The van der Waals surface area contributed by atoms with Gasteiger partial charge >= 0.3 is 0 Å². The van der Waals surface area contributed by atoms with Crippen LogP contribution in [0.25, 0.3) is 22.0 Å². The summed E-state index contributed by atoms with van der Waals surface area (Å²) in [5, 5.41) is 11.8. The SMILES string of the molecule is Cc1ncccc1-c1ccc(CC(NC(=O)C2CCC(CN)CC2)C(=O)Nc2ccc3c(=O)[nH][nH]c3c2)cc1. The number of nitrogens with two attached hydrogens (primary N) is 1. The molecule has 2 aromatic heterocycles. The Hall–Kier alpha value is -4.24. The van der Waals surface area contributed by atoms with E-state index < -0.39 is 6.04 Å². The van der Waals surface area contributed by atoms with E-state index in [0.717, 1.165) is 48.1 Å². The fourth-order valence-electron chi connectivity index (χ4n) is 5.35. The van der Waals surface area contributed by atoms with Crippen molar-refractivity contribution < 1.29 is 9.59 Å². The summed E-state index contributed by atoms with van der Waals surface area (Å²) in [5.74, 6) is -0.0766. The number of carbonyl (C=O) groups excluding carboxylic acids is 2. The summed E-state index contributed by atoms with van der Waals surface area (Å²) < 4.78 is 0. The third-order valence-corrected chi connectivity index (χ3v) is 7.74. The van der Waals surface area contributed by atoms with Gasteiger partial charge in [-0.25, -0.2) is 0 Å². The topological polar surface area (TPSA) is 146 Å². The van der Waals surface area contributed by atoms with E-state index in [-0.39, 0.29) is 23.3 Å². The van der Waals surface area contributed by atoms with Gasteiger partial charge < -0.3 is 16.4 Å². The van der Waals surface area contributed by atoms with Crippen LogP contribution in [0, 0.1) is 18.8 Å². The zero-order chi connectivity index (χ0) is 27.4. The molecule has 0 aliphatic heterocycles. The molecule has 202 valence electrons. The highest BCUT2D eigenvalue weighted by Gasteiger charge is 2.29. The van der Waals surface area contributed by atoms with E-state index >= 15 is 0 Å². The van der Waals surface area contributed by atoms with Crippen LogP contribution in [0.3, 0.4) is 0 Å². The maximum Gasteiger partial charge on any atom is 0.271 e. The summed E-state index contributed by atoms with van der Waals surface area (Å²) in [6.07, 6.45) is 5.51. The lowest BCUT2D eigenvalue weighted by Gasteiger charge is -2.28. The summed E-state index contributed by atoms with van der Waals surface area (Å²) in [4.78, 5) is 42.9. The molecule has 1 saturated carbocycles. The number of aromatic nitrogens is 3. The molecular weight excluding hydrogens is 492 g/mol. The average Bonchev–Trinajstić information content (AvgIpc) is 3.33. The normalized spacial score (nSPS) is 18.0. The largest absolute Gasteiger partial charge is 0.344 e. The first kappa shape index (κ1) is 26.4. The van der Waals surface area contributed by atoms with Gasteiger partial charge in [0, 0.05) is 35.5 Å². The maximum absolute atomic E-state index is 13.5. The van der Waals surface area contributed by atoms with Gasteiger partial charge in [0.2, 0.25) is 11.8 Å². The highest BCUT2D eigenvalue weighted by molar-refractivity contribution is 5.99. The van der Waals surface area contributed by atoms with Gasteiger partial charge in [0.15, 0.2) is 0 Å². The fourth-order valence-corrected chi connectivity index (χ4v) is 5.35. The number of fused-ring (bicyclic) bond motifs is 1. The van der Waals surface area contributed by atoms with E-state index in [1.807, 2.05) is 43.3 Å². The van der Waals surface area contributed by atoms with Gasteiger partial charge in [-0.05, 0) is 80.5 Å². The molecule has 0 spiro atoms. The smallest absolute Gasteiger partial charge is 0.271 e. The molecule has 1 fully saturated rings. The van der Waals surface area contributed by atoms with Gasteiger partial charge in [-0.15, -0.1) is 0 Å². The molecule has 2 aromatic carbocycles. The van der Waals surface area contributed by atoms with Gasteiger partial charge in [0.1, 0.15) is 6.04 Å². The second-order valence-electron chi connectivity index (χ2n) is 10.4. The first-order chi connectivity index (χ1) is 18.9. The second-order valence-corrected chi connectivity index (χ2v) is 10.4. The van der Waals surface area contributed by atoms with Crippen LogP contribution < -0.4 is 21.9 Å². The Labute approximate surface area is 226 Å². The molecule has 39 heavy (non-hydrogen) atoms. The van der Waals surface area contributed by atoms with Crippen LogP contribution >= 0.6 is 0 Å². The Morgan fingerprint density at radius 3 is 2.54 bits per heavy atom. The lowest BCUT2D eigenvalue weighted by Crippen LogP contribution is -2.48. The minimum absolute atomic E-state index is 0.0985. The molecular formula is C30H34N6O3. The van der Waals surface area contributed by atoms with E-state index in [2.05, 4.69) is 25.8 Å². The molecule has 6 N–H and O–H groups in total. The van der Waals surface area contributed by atoms with E-state index in [1.165, 1.54) is 0 Å². The number of carbonyl (C=O) groups is 2. The quantitative estimate of drug-likeness (QED) is 0.238. The third kappa shape index (κ3) is 6.09. The summed E-state index contributed by atoms with van der Waals surface area (Å²) in [6.45, 7) is 2.62. The predicted molar refractivity (Wildman–Crippen MR) is 152 cm³/mol. The number of anilines is 1. The van der Waals surface area contributed by atoms with Gasteiger partial charge in [-0.3, -0.25) is 29.6 Å². The number of rotatable bonds is 8. The number of amides is 2. The van der Waals surface area contributed by atoms with Crippen molar-refractivity contribution in [1.29, 1.82) is 0 Å². The molecule has 1 atom stereocenters. The molecule has 9 nitrogen and oxygen atoms in total. The van der Waals surface area contributed by atoms with E-state index in [1.54, 1.807) is 24.4 Å². The molecule has 9 heteroatoms. The molecule has 0 bridgehead atoms. The molecule has 2 heterocycles. The minimum Gasteiger partial charge on any atom is -0.344 e. The van der Waals surface area contributed by atoms with Crippen LogP contribution in [0.1, 0.15) is 36.9 Å². The van der Waals surface area contributed by atoms with Gasteiger partial charge in [0.25, 0.3) is 5.56 Å². The number of nitrogens with one attached hydrogen (secondary N) is 4. The molecule has 5 rings (SSSR count). The Balaban J connectivity index is 1.34. The Morgan fingerprint density at radius 2 is 1.82 bits per heavy atom. The Morgan fingerprint density at radius 1 is 1.05 bits per heavy atom. The van der Waals surface area contributed by atoms with Gasteiger partial charge in [-0.1, -0.05) is 30.3 Å². The van der Waals surface area contributed by atoms with Crippen LogP contribution in [0.15, 0.2) is 65.6 Å². The van der Waals surface area contributed by atoms with Crippen LogP contribution in [-0.2, 0) is 16.0 Å². The van der Waals surface area contributed by atoms with Crippen LogP contribution in [0.5, 0.6) is 0 Å². The Kier molecular flexibility index (Phi) is 7.88. The van der Waals surface area contributed by atoms with Crippen LogP contribution in [0.2, 0.25) is 0 Å². The van der Waals surface area contributed by atoms with Crippen LogP contribution in [-0.4, -0.2) is 39.6 Å². The average molecular weight is 527 g/mol. The fraction of sp³-hybridized carbons (Fsp3) is 0.333. The van der Waals surface area contributed by atoms with E-state index in [4.69, 9.17) is 5.73 Å². The molecule has 1 aliphatic rings. The van der Waals surface area contributed by atoms with Crippen molar-refractivity contribution in [3.05, 3.63) is 82.4 Å². The van der Waals surface area contributed by atoms with Gasteiger partial charge in [0.05, 0.1) is 10.9 Å². The monoisotopic (exact) mass is 526 g/mol. The first-order valence-corrected chi connectivity index (χ1v) is 13.4. The number of hydrogen-bond donors (Lipinski definition) is 5. The number of H-pyrrole nitrogens is 2. The first-order valence-electron chi connectivity index (χ1n) is 13.4. The van der Waals surface area contributed by atoms with Crippen molar-refractivity contribution in [2.24, 2.45) is 17.6 Å². The van der Waals surface area contributed by atoms with E-state index in [0.29, 0.717) is 35.5 Å². The molecule has 4 aromatic rings. The Bertz CT molecular complexity index is 1520. The zero-order valence-corrected chi connectivity index (χ0v) is 22.0. The summed E-state index contributed by atoms with van der Waals surface area (Å²) in [5.41, 5.74) is 10.7. The molecule has 1 unspecified atom stereocenters. The van der Waals surface area contributed by atoms with Crippen molar-refractivity contribution in [2.75, 3.05) is 11.9 Å². The number of nitrogens with zero attached hydrogens (tertiary/aromatic N) is 1. The predicted octanol–water partition coefficient (Wildman–Crippen LogP) is 3.66. The van der Waals surface area contributed by atoms with Crippen molar-refractivity contribution in [1.82, 2.24) is 20.5 Å². The number of aromatic amines is 2. The number of pyridine rings is 1. The summed E-state index contributed by atoms with van der Waals surface area (Å²) in [7, 11) is 0. The zero-order valence-electron chi connectivity index (χ0n) is 22.0. The number of aryl methyl sites for hydroxylation is 1. The lowest BCUT2D eigenvalue weighted by molar-refractivity contribution is -0.130. The molecule has 0 radical (unpaired) electrons. The number of benzene rings is 2. The second kappa shape index (κ2) is 11.7. The van der Waals surface area contributed by atoms with Crippen molar-refractivity contribution in [3.8, 4) is 11.1 Å². The van der Waals surface area contributed by atoms with Crippen molar-refractivity contribution in [3.63, 3.8) is 0 Å². The van der Waals surface area contributed by atoms with E-state index in [9.17, 15) is 14.4 Å². The van der Waals surface area contributed by atoms with Crippen molar-refractivity contribution >= 4 is 28.4 Å². The standard InChI is InChI=1S/C30H34N6O3/c1-18-24(3-2-14-32-18)21-8-4-19(5-9-21)15-27(34-28(37)22-10-6-20(17-31)7-11-22)30(39)33-23-12-13-25-26(16-23)35-36-29(25)38/h2-5,8-9,12-14,16,20,22,27H,6-7,10-11,15,17,31H2,1H3,(H,33,39)(H,34,37)(H2,35,36,38). The number of hydrogen-bond acceptors (Lipinski definition) is 5. The van der Waals surface area contributed by atoms with Gasteiger partial charge in [-0.2, -0.15) is 0 Å². The highest BCUT2D eigenvalue weighted by Crippen LogP contribution is 2.28. The summed E-state index contributed by atoms with van der Waals surface area (Å²) >= 11 is 0. The third-order valence-electron chi connectivity index (χ3n) is 7.74. The van der Waals surface area contributed by atoms with Crippen molar-refractivity contribution in [2.45, 2.75) is 45.1 Å². The molecule has 0 saturated heterocycles. The highest BCUT2D eigenvalue weighted by atomic mass is 16.2. The molecule has 1 aliphatic carbocycles. The lowest BCUT2D eigenvalue weighted by atomic mass is 9.81. The minimum atomic E-state index is -0.767. The molecule has 2 amide bonds. The van der Waals surface area contributed by atoms with Crippen LogP contribution in [0.4, 0.5) is 5.69 Å². The maximum atomic E-state index is 13.5. The summed E-state index contributed by atoms with van der Waals surface area (Å²) in [6, 6.07) is 16.2.